The molecule has 1 saturated heterocycles. The Hall–Kier alpha value is -1.65. The Morgan fingerprint density at radius 3 is 2.48 bits per heavy atom. The summed E-state index contributed by atoms with van der Waals surface area (Å²) in [6.45, 7) is 5.61. The minimum atomic E-state index is 0.155. The maximum atomic E-state index is 11.5. The van der Waals surface area contributed by atoms with Crippen LogP contribution in [0.4, 0.5) is 5.82 Å². The third-order valence-corrected chi connectivity index (χ3v) is 4.63. The van der Waals surface area contributed by atoms with E-state index in [9.17, 15) is 4.79 Å². The third-order valence-electron chi connectivity index (χ3n) is 4.63. The fourth-order valence-corrected chi connectivity index (χ4v) is 3.00. The van der Waals surface area contributed by atoms with Crippen molar-refractivity contribution in [1.82, 2.24) is 14.9 Å². The second-order valence-electron chi connectivity index (χ2n) is 6.35. The van der Waals surface area contributed by atoms with Gasteiger partial charge in [0, 0.05) is 50.8 Å². The van der Waals surface area contributed by atoms with Crippen molar-refractivity contribution >= 4 is 11.7 Å². The first-order valence-electron chi connectivity index (χ1n) is 7.88. The standard InChI is InChI=1S/C16H24N4O/c1-11-10-15(18-16(17-11)13-4-5-13)20-8-6-14(7-9-20)19(3)12(2)21/h10,13-14H,4-9H2,1-3H3. The Kier molecular flexibility index (Phi) is 3.83. The van der Waals surface area contributed by atoms with Crippen LogP contribution >= 0.6 is 0 Å². The Morgan fingerprint density at radius 1 is 1.24 bits per heavy atom. The van der Waals surface area contributed by atoms with Gasteiger partial charge in [-0.1, -0.05) is 0 Å². The normalized spacial score (nSPS) is 19.7. The van der Waals surface area contributed by atoms with Crippen LogP contribution in [-0.2, 0) is 4.79 Å². The zero-order chi connectivity index (χ0) is 15.0. The van der Waals surface area contributed by atoms with Crippen LogP contribution in [0.15, 0.2) is 6.07 Å². The number of aromatic nitrogens is 2. The van der Waals surface area contributed by atoms with Crippen LogP contribution in [0.5, 0.6) is 0 Å². The second-order valence-corrected chi connectivity index (χ2v) is 6.35. The number of hydrogen-bond donors (Lipinski definition) is 0. The van der Waals surface area contributed by atoms with Gasteiger partial charge in [-0.2, -0.15) is 0 Å². The quantitative estimate of drug-likeness (QED) is 0.855. The number of nitrogens with zero attached hydrogens (tertiary/aromatic N) is 4. The molecule has 1 aliphatic carbocycles. The number of hydrogen-bond acceptors (Lipinski definition) is 4. The molecule has 0 radical (unpaired) electrons. The molecule has 0 N–H and O–H groups in total. The summed E-state index contributed by atoms with van der Waals surface area (Å²) in [5, 5.41) is 0. The van der Waals surface area contributed by atoms with Crippen LogP contribution in [-0.4, -0.2) is 47.0 Å². The molecule has 5 nitrogen and oxygen atoms in total. The van der Waals surface area contributed by atoms with E-state index in [0.717, 1.165) is 43.3 Å². The summed E-state index contributed by atoms with van der Waals surface area (Å²) in [5.74, 6) is 2.83. The highest BCUT2D eigenvalue weighted by Crippen LogP contribution is 2.38. The SMILES string of the molecule is CC(=O)N(C)C1CCN(c2cc(C)nc(C3CC3)n2)CC1. The summed E-state index contributed by atoms with van der Waals surface area (Å²) in [4.78, 5) is 25.0. The summed E-state index contributed by atoms with van der Waals surface area (Å²) in [7, 11) is 1.91. The summed E-state index contributed by atoms with van der Waals surface area (Å²) < 4.78 is 0. The van der Waals surface area contributed by atoms with Gasteiger partial charge in [0.25, 0.3) is 0 Å². The van der Waals surface area contributed by atoms with Gasteiger partial charge in [0.05, 0.1) is 0 Å². The summed E-state index contributed by atoms with van der Waals surface area (Å²) in [6, 6.07) is 2.45. The zero-order valence-electron chi connectivity index (χ0n) is 13.2. The molecular weight excluding hydrogens is 264 g/mol. The van der Waals surface area contributed by atoms with E-state index in [0.29, 0.717) is 12.0 Å². The summed E-state index contributed by atoms with van der Waals surface area (Å²) >= 11 is 0. The molecule has 3 rings (SSSR count). The van der Waals surface area contributed by atoms with Gasteiger partial charge < -0.3 is 9.80 Å². The molecule has 2 aliphatic rings. The predicted octanol–water partition coefficient (Wildman–Crippen LogP) is 2.11. The van der Waals surface area contributed by atoms with E-state index in [1.807, 2.05) is 18.9 Å². The van der Waals surface area contributed by atoms with Crippen LogP contribution in [0.2, 0.25) is 0 Å². The number of rotatable bonds is 3. The number of carbonyl (C=O) groups is 1. The van der Waals surface area contributed by atoms with E-state index >= 15 is 0 Å². The number of aryl methyl sites for hydroxylation is 1. The van der Waals surface area contributed by atoms with E-state index in [-0.39, 0.29) is 5.91 Å². The molecule has 0 bridgehead atoms. The summed E-state index contributed by atoms with van der Waals surface area (Å²) in [5.41, 5.74) is 1.06. The minimum Gasteiger partial charge on any atom is -0.356 e. The molecule has 0 spiro atoms. The van der Waals surface area contributed by atoms with Crippen molar-refractivity contribution in [3.8, 4) is 0 Å². The van der Waals surface area contributed by atoms with Crippen LogP contribution in [0.3, 0.4) is 0 Å². The van der Waals surface area contributed by atoms with Gasteiger partial charge in [-0.05, 0) is 32.6 Å². The van der Waals surface area contributed by atoms with Crippen molar-refractivity contribution < 1.29 is 4.79 Å². The average Bonchev–Trinajstić information content (AvgIpc) is 3.30. The zero-order valence-corrected chi connectivity index (χ0v) is 13.2. The Labute approximate surface area is 126 Å². The highest BCUT2D eigenvalue weighted by molar-refractivity contribution is 5.73. The topological polar surface area (TPSA) is 49.3 Å². The molecule has 2 fully saturated rings. The second kappa shape index (κ2) is 5.62. The molecule has 1 aromatic heterocycles. The highest BCUT2D eigenvalue weighted by atomic mass is 16.2. The molecule has 0 unspecified atom stereocenters. The lowest BCUT2D eigenvalue weighted by molar-refractivity contribution is -0.129. The molecule has 0 aromatic carbocycles. The van der Waals surface area contributed by atoms with E-state index in [1.165, 1.54) is 12.8 Å². The van der Waals surface area contributed by atoms with Gasteiger partial charge in [0.1, 0.15) is 11.6 Å². The molecule has 0 atom stereocenters. The largest absolute Gasteiger partial charge is 0.356 e. The van der Waals surface area contributed by atoms with Crippen LogP contribution < -0.4 is 4.90 Å². The number of amides is 1. The van der Waals surface area contributed by atoms with Gasteiger partial charge in [0.15, 0.2) is 0 Å². The number of anilines is 1. The molecule has 114 valence electrons. The van der Waals surface area contributed by atoms with Gasteiger partial charge in [-0.3, -0.25) is 4.79 Å². The van der Waals surface area contributed by atoms with E-state index in [4.69, 9.17) is 4.98 Å². The Morgan fingerprint density at radius 2 is 1.90 bits per heavy atom. The first kappa shape index (κ1) is 14.3. The van der Waals surface area contributed by atoms with E-state index in [2.05, 4.69) is 16.0 Å². The monoisotopic (exact) mass is 288 g/mol. The highest BCUT2D eigenvalue weighted by Gasteiger charge is 2.29. The molecule has 1 aromatic rings. The summed E-state index contributed by atoms with van der Waals surface area (Å²) in [6.07, 6.45) is 4.48. The molecule has 1 saturated carbocycles. The van der Waals surface area contributed by atoms with Crippen molar-refractivity contribution in [2.75, 3.05) is 25.0 Å². The van der Waals surface area contributed by atoms with Gasteiger partial charge in [-0.15, -0.1) is 0 Å². The molecule has 1 aliphatic heterocycles. The van der Waals surface area contributed by atoms with Crippen LogP contribution in [0.25, 0.3) is 0 Å². The fraction of sp³-hybridized carbons (Fsp3) is 0.688. The van der Waals surface area contributed by atoms with E-state index in [1.54, 1.807) is 6.92 Å². The molecule has 1 amide bonds. The molecule has 21 heavy (non-hydrogen) atoms. The molecule has 5 heteroatoms. The van der Waals surface area contributed by atoms with Crippen molar-refractivity contribution in [2.24, 2.45) is 0 Å². The van der Waals surface area contributed by atoms with E-state index < -0.39 is 0 Å². The molecule has 2 heterocycles. The lowest BCUT2D eigenvalue weighted by Crippen LogP contribution is -2.45. The smallest absolute Gasteiger partial charge is 0.219 e. The van der Waals surface area contributed by atoms with Crippen molar-refractivity contribution in [3.05, 3.63) is 17.6 Å². The van der Waals surface area contributed by atoms with Crippen LogP contribution in [0, 0.1) is 6.92 Å². The Balaban J connectivity index is 1.68. The third kappa shape index (κ3) is 3.17. The fourth-order valence-electron chi connectivity index (χ4n) is 3.00. The predicted molar refractivity (Wildman–Crippen MR) is 82.4 cm³/mol. The van der Waals surface area contributed by atoms with Crippen molar-refractivity contribution in [1.29, 1.82) is 0 Å². The Bertz CT molecular complexity index is 533. The van der Waals surface area contributed by atoms with Crippen LogP contribution in [0.1, 0.15) is 50.0 Å². The van der Waals surface area contributed by atoms with Gasteiger partial charge >= 0.3 is 0 Å². The van der Waals surface area contributed by atoms with Gasteiger partial charge in [-0.25, -0.2) is 9.97 Å². The lowest BCUT2D eigenvalue weighted by Gasteiger charge is -2.37. The first-order chi connectivity index (χ1) is 10.0. The number of carbonyl (C=O) groups excluding carboxylic acids is 1. The number of piperidine rings is 1. The minimum absolute atomic E-state index is 0.155. The maximum absolute atomic E-state index is 11.5. The molecular formula is C16H24N4O. The first-order valence-corrected chi connectivity index (χ1v) is 7.88. The van der Waals surface area contributed by atoms with Crippen molar-refractivity contribution in [3.63, 3.8) is 0 Å². The maximum Gasteiger partial charge on any atom is 0.219 e. The van der Waals surface area contributed by atoms with Crippen molar-refractivity contribution in [2.45, 2.75) is 51.5 Å². The average molecular weight is 288 g/mol. The lowest BCUT2D eigenvalue weighted by atomic mass is 10.0. The van der Waals surface area contributed by atoms with Gasteiger partial charge in [0.2, 0.25) is 5.91 Å².